The summed E-state index contributed by atoms with van der Waals surface area (Å²) >= 11 is 1.84. The molecule has 0 aliphatic carbocycles. The second-order valence-electron chi connectivity index (χ2n) is 3.62. The molecular weight excluding hydrogens is 376 g/mol. The summed E-state index contributed by atoms with van der Waals surface area (Å²) in [6, 6.07) is 0. The largest absolute Gasteiger partial charge is 0.403 e. The zero-order chi connectivity index (χ0) is 14.2. The number of hydrogen-bond donors (Lipinski definition) is 0. The molecule has 0 rings (SSSR count). The van der Waals surface area contributed by atoms with E-state index < -0.39 is 13.3 Å². The highest BCUT2D eigenvalue weighted by Crippen LogP contribution is 2.62. The first-order chi connectivity index (χ1) is 8.33. The van der Waals surface area contributed by atoms with E-state index in [1.807, 2.05) is 29.5 Å². The van der Waals surface area contributed by atoms with E-state index in [-0.39, 0.29) is 13.2 Å². The van der Waals surface area contributed by atoms with E-state index in [4.69, 9.17) is 0 Å². The van der Waals surface area contributed by atoms with Gasteiger partial charge in [-0.2, -0.15) is 8.78 Å². The van der Waals surface area contributed by atoms with Crippen LogP contribution in [0.2, 0.25) is 0 Å². The quantitative estimate of drug-likeness (QED) is 0.389. The summed E-state index contributed by atoms with van der Waals surface area (Å²) in [6.07, 6.45) is 2.99. The number of unbranched alkanes of at least 4 members (excludes halogenated alkanes) is 1. The summed E-state index contributed by atoms with van der Waals surface area (Å²) in [4.78, 5) is 0. The molecule has 0 aromatic heterocycles. The van der Waals surface area contributed by atoms with Crippen LogP contribution in [0.1, 0.15) is 40.0 Å². The Kier molecular flexibility index (Phi) is 8.84. The van der Waals surface area contributed by atoms with Crippen molar-refractivity contribution in [3.63, 3.8) is 0 Å². The van der Waals surface area contributed by atoms with E-state index in [9.17, 15) is 13.3 Å². The second kappa shape index (κ2) is 8.61. The molecule has 3 nitrogen and oxygen atoms in total. The van der Waals surface area contributed by atoms with Crippen LogP contribution in [-0.2, 0) is 13.6 Å². The third kappa shape index (κ3) is 5.63. The van der Waals surface area contributed by atoms with Gasteiger partial charge in [-0.05, 0) is 52.9 Å². The SMILES string of the molecule is CCCC/C(I)=C\C(F)(F)P(=O)(OCC)OCC. The Morgan fingerprint density at radius 3 is 2.17 bits per heavy atom. The van der Waals surface area contributed by atoms with Crippen molar-refractivity contribution in [3.8, 4) is 0 Å². The summed E-state index contributed by atoms with van der Waals surface area (Å²) in [5, 5.41) is 0. The summed E-state index contributed by atoms with van der Waals surface area (Å²) in [6.45, 7) is 4.84. The highest BCUT2D eigenvalue weighted by atomic mass is 127. The van der Waals surface area contributed by atoms with Crippen molar-refractivity contribution in [2.45, 2.75) is 45.7 Å². The van der Waals surface area contributed by atoms with Crippen LogP contribution in [0.4, 0.5) is 8.78 Å². The van der Waals surface area contributed by atoms with Gasteiger partial charge in [0, 0.05) is 6.08 Å². The minimum absolute atomic E-state index is 0.0771. The molecule has 0 radical (unpaired) electrons. The van der Waals surface area contributed by atoms with Crippen molar-refractivity contribution in [1.29, 1.82) is 0 Å². The lowest BCUT2D eigenvalue weighted by atomic mass is 10.2. The fourth-order valence-electron chi connectivity index (χ4n) is 1.23. The van der Waals surface area contributed by atoms with Gasteiger partial charge in [0.2, 0.25) is 0 Å². The smallest absolute Gasteiger partial charge is 0.304 e. The van der Waals surface area contributed by atoms with Gasteiger partial charge in [0.25, 0.3) is 0 Å². The molecule has 0 fully saturated rings. The van der Waals surface area contributed by atoms with Crippen LogP contribution < -0.4 is 0 Å². The zero-order valence-corrected chi connectivity index (χ0v) is 14.0. The molecule has 0 saturated carbocycles. The Labute approximate surface area is 121 Å². The van der Waals surface area contributed by atoms with Gasteiger partial charge in [-0.3, -0.25) is 4.57 Å². The molecule has 0 unspecified atom stereocenters. The lowest BCUT2D eigenvalue weighted by molar-refractivity contribution is 0.0790. The standard InChI is InChI=1S/C11H20F2IO3P/c1-4-7-8-10(14)9-11(12,13)18(15,16-5-2)17-6-3/h9H,4-8H2,1-3H3/b10-9+. The maximum absolute atomic E-state index is 13.9. The van der Waals surface area contributed by atoms with Crippen LogP contribution in [0.3, 0.4) is 0 Å². The summed E-state index contributed by atoms with van der Waals surface area (Å²) in [7, 11) is -4.42. The van der Waals surface area contributed by atoms with Gasteiger partial charge in [0.05, 0.1) is 13.2 Å². The van der Waals surface area contributed by atoms with Crippen LogP contribution in [0.25, 0.3) is 0 Å². The molecule has 0 amide bonds. The van der Waals surface area contributed by atoms with Gasteiger partial charge in [-0.25, -0.2) is 0 Å². The van der Waals surface area contributed by atoms with Crippen LogP contribution in [-0.4, -0.2) is 18.9 Å². The van der Waals surface area contributed by atoms with Gasteiger partial charge in [-0.15, -0.1) is 0 Å². The van der Waals surface area contributed by atoms with E-state index in [2.05, 4.69) is 9.05 Å². The van der Waals surface area contributed by atoms with Gasteiger partial charge in [-0.1, -0.05) is 13.3 Å². The normalized spacial score (nSPS) is 14.0. The molecule has 0 N–H and O–H groups in total. The van der Waals surface area contributed by atoms with E-state index in [1.165, 1.54) is 13.8 Å². The third-order valence-electron chi connectivity index (χ3n) is 2.06. The first kappa shape index (κ1) is 18.5. The molecule has 0 aliphatic rings. The summed E-state index contributed by atoms with van der Waals surface area (Å²) < 4.78 is 49.7. The number of rotatable bonds is 9. The monoisotopic (exact) mass is 396 g/mol. The predicted octanol–water partition coefficient (Wildman–Crippen LogP) is 5.35. The van der Waals surface area contributed by atoms with Crippen molar-refractivity contribution in [2.24, 2.45) is 0 Å². The van der Waals surface area contributed by atoms with Crippen LogP contribution >= 0.6 is 30.2 Å². The van der Waals surface area contributed by atoms with E-state index >= 15 is 0 Å². The maximum atomic E-state index is 13.9. The zero-order valence-electron chi connectivity index (χ0n) is 10.9. The summed E-state index contributed by atoms with van der Waals surface area (Å²) in [5.74, 6) is 0. The van der Waals surface area contributed by atoms with E-state index in [0.717, 1.165) is 12.8 Å². The number of allylic oxidation sites excluding steroid dienone is 2. The van der Waals surface area contributed by atoms with Crippen molar-refractivity contribution in [2.75, 3.05) is 13.2 Å². The number of halogens is 3. The second-order valence-corrected chi connectivity index (χ2v) is 7.11. The Morgan fingerprint density at radius 1 is 1.28 bits per heavy atom. The Balaban J connectivity index is 4.99. The molecule has 18 heavy (non-hydrogen) atoms. The Morgan fingerprint density at radius 2 is 1.78 bits per heavy atom. The lowest BCUT2D eigenvalue weighted by Crippen LogP contribution is -2.18. The van der Waals surface area contributed by atoms with Crippen molar-refractivity contribution < 1.29 is 22.4 Å². The molecule has 0 aromatic rings. The number of hydrogen-bond acceptors (Lipinski definition) is 3. The van der Waals surface area contributed by atoms with E-state index in [0.29, 0.717) is 16.1 Å². The van der Waals surface area contributed by atoms with Gasteiger partial charge >= 0.3 is 13.3 Å². The first-order valence-corrected chi connectivity index (χ1v) is 8.59. The highest BCUT2D eigenvalue weighted by molar-refractivity contribution is 14.1. The van der Waals surface area contributed by atoms with Gasteiger partial charge in [0.15, 0.2) is 0 Å². The third-order valence-corrected chi connectivity index (χ3v) is 4.97. The van der Waals surface area contributed by atoms with Crippen molar-refractivity contribution in [1.82, 2.24) is 0 Å². The average molecular weight is 396 g/mol. The fourth-order valence-corrected chi connectivity index (χ4v) is 3.67. The molecule has 0 atom stereocenters. The molecule has 0 heterocycles. The predicted molar refractivity (Wildman–Crippen MR) is 77.4 cm³/mol. The molecule has 0 saturated heterocycles. The minimum Gasteiger partial charge on any atom is -0.304 e. The fraction of sp³-hybridized carbons (Fsp3) is 0.818. The number of alkyl halides is 2. The highest BCUT2D eigenvalue weighted by Gasteiger charge is 2.51. The maximum Gasteiger partial charge on any atom is 0.403 e. The van der Waals surface area contributed by atoms with Crippen LogP contribution in [0, 0.1) is 0 Å². The molecule has 0 bridgehead atoms. The molecule has 0 aliphatic heterocycles. The Hall–Kier alpha value is 0.480. The van der Waals surface area contributed by atoms with Crippen LogP contribution in [0.15, 0.2) is 9.66 Å². The molecule has 0 aromatic carbocycles. The lowest BCUT2D eigenvalue weighted by Gasteiger charge is -2.23. The van der Waals surface area contributed by atoms with Gasteiger partial charge in [0.1, 0.15) is 0 Å². The van der Waals surface area contributed by atoms with Crippen LogP contribution in [0.5, 0.6) is 0 Å². The van der Waals surface area contributed by atoms with Crippen molar-refractivity contribution >= 4 is 30.2 Å². The molecular formula is C11H20F2IO3P. The molecule has 0 spiro atoms. The summed E-state index contributed by atoms with van der Waals surface area (Å²) in [5.41, 5.74) is -3.58. The van der Waals surface area contributed by atoms with Crippen molar-refractivity contribution in [3.05, 3.63) is 9.66 Å². The average Bonchev–Trinajstić information content (AvgIpc) is 2.26. The first-order valence-electron chi connectivity index (χ1n) is 5.97. The van der Waals surface area contributed by atoms with Gasteiger partial charge < -0.3 is 9.05 Å². The Bertz CT molecular complexity index is 311. The minimum atomic E-state index is -4.42. The molecule has 108 valence electrons. The van der Waals surface area contributed by atoms with E-state index in [1.54, 1.807) is 0 Å². The molecule has 7 heteroatoms. The topological polar surface area (TPSA) is 35.5 Å².